The summed E-state index contributed by atoms with van der Waals surface area (Å²) in [6, 6.07) is 15.6. The molecule has 3 aromatic rings. The number of nitrogens with zero attached hydrogens (tertiary/aromatic N) is 1. The number of aromatic nitrogens is 2. The number of rotatable bonds is 1. The SMILES string of the molecule is S=c1[nH]nc(-c2cccc(Cl)c2)c2ccccc12. The van der Waals surface area contributed by atoms with Crippen LogP contribution < -0.4 is 0 Å². The third-order valence-corrected chi connectivity index (χ3v) is 3.34. The Morgan fingerprint density at radius 3 is 2.56 bits per heavy atom. The number of nitrogens with one attached hydrogen (secondary N) is 1. The Morgan fingerprint density at radius 2 is 1.78 bits per heavy atom. The second-order valence-electron chi connectivity index (χ2n) is 3.96. The van der Waals surface area contributed by atoms with Crippen molar-refractivity contribution >= 4 is 34.6 Å². The molecule has 2 aromatic carbocycles. The second-order valence-corrected chi connectivity index (χ2v) is 4.80. The van der Waals surface area contributed by atoms with Crippen LogP contribution in [-0.2, 0) is 0 Å². The molecule has 2 nitrogen and oxygen atoms in total. The van der Waals surface area contributed by atoms with E-state index in [0.29, 0.717) is 9.66 Å². The molecule has 0 saturated heterocycles. The molecule has 0 aliphatic heterocycles. The highest BCUT2D eigenvalue weighted by Gasteiger charge is 2.06. The Balaban J connectivity index is 2.37. The monoisotopic (exact) mass is 272 g/mol. The summed E-state index contributed by atoms with van der Waals surface area (Å²) in [5.41, 5.74) is 1.84. The molecule has 0 radical (unpaired) electrons. The van der Waals surface area contributed by atoms with Gasteiger partial charge < -0.3 is 0 Å². The number of H-pyrrole nitrogens is 1. The Morgan fingerprint density at radius 1 is 1.00 bits per heavy atom. The van der Waals surface area contributed by atoms with E-state index in [1.54, 1.807) is 0 Å². The number of benzene rings is 2. The summed E-state index contributed by atoms with van der Waals surface area (Å²) < 4.78 is 0.649. The first-order valence-corrected chi connectivity index (χ1v) is 6.28. The third-order valence-electron chi connectivity index (χ3n) is 2.79. The third kappa shape index (κ3) is 1.92. The minimum absolute atomic E-state index is 0.649. The molecule has 0 atom stereocenters. The van der Waals surface area contributed by atoms with Gasteiger partial charge in [-0.1, -0.05) is 60.2 Å². The topological polar surface area (TPSA) is 28.7 Å². The van der Waals surface area contributed by atoms with E-state index < -0.39 is 0 Å². The summed E-state index contributed by atoms with van der Waals surface area (Å²) in [4.78, 5) is 0. The van der Waals surface area contributed by atoms with Crippen molar-refractivity contribution in [2.24, 2.45) is 0 Å². The zero-order valence-electron chi connectivity index (χ0n) is 9.35. The van der Waals surface area contributed by atoms with Gasteiger partial charge >= 0.3 is 0 Å². The molecular weight excluding hydrogens is 264 g/mol. The Kier molecular flexibility index (Phi) is 2.86. The molecular formula is C14H9ClN2S. The number of aromatic amines is 1. The van der Waals surface area contributed by atoms with Crippen molar-refractivity contribution in [2.45, 2.75) is 0 Å². The fraction of sp³-hybridized carbons (Fsp3) is 0. The van der Waals surface area contributed by atoms with Crippen LogP contribution in [0.4, 0.5) is 0 Å². The maximum Gasteiger partial charge on any atom is 0.127 e. The highest BCUT2D eigenvalue weighted by molar-refractivity contribution is 7.71. The van der Waals surface area contributed by atoms with E-state index in [0.717, 1.165) is 22.0 Å². The van der Waals surface area contributed by atoms with E-state index >= 15 is 0 Å². The average molecular weight is 273 g/mol. The molecule has 88 valence electrons. The van der Waals surface area contributed by atoms with E-state index in [2.05, 4.69) is 10.2 Å². The minimum atomic E-state index is 0.649. The number of hydrogen-bond donors (Lipinski definition) is 1. The van der Waals surface area contributed by atoms with Gasteiger partial charge in [-0.05, 0) is 12.1 Å². The van der Waals surface area contributed by atoms with Crippen molar-refractivity contribution in [1.29, 1.82) is 0 Å². The van der Waals surface area contributed by atoms with Gasteiger partial charge in [0.05, 0.1) is 5.69 Å². The normalized spacial score (nSPS) is 10.7. The lowest BCUT2D eigenvalue weighted by Gasteiger charge is -2.05. The van der Waals surface area contributed by atoms with Crippen LogP contribution >= 0.6 is 23.8 Å². The van der Waals surface area contributed by atoms with E-state index in [4.69, 9.17) is 23.8 Å². The Bertz CT molecular complexity index is 780. The summed E-state index contributed by atoms with van der Waals surface area (Å²) in [6.07, 6.45) is 0. The lowest BCUT2D eigenvalue weighted by molar-refractivity contribution is 1.04. The summed E-state index contributed by atoms with van der Waals surface area (Å²) in [5, 5.41) is 9.94. The molecule has 0 aliphatic rings. The second kappa shape index (κ2) is 4.52. The van der Waals surface area contributed by atoms with Crippen molar-refractivity contribution < 1.29 is 0 Å². The van der Waals surface area contributed by atoms with Crippen LogP contribution in [0.3, 0.4) is 0 Å². The largest absolute Gasteiger partial charge is 0.267 e. The maximum atomic E-state index is 6.02. The summed E-state index contributed by atoms with van der Waals surface area (Å²) >= 11 is 11.3. The van der Waals surface area contributed by atoms with Crippen LogP contribution in [0, 0.1) is 4.64 Å². The van der Waals surface area contributed by atoms with E-state index in [-0.39, 0.29) is 0 Å². The summed E-state index contributed by atoms with van der Waals surface area (Å²) in [6.45, 7) is 0. The van der Waals surface area contributed by atoms with Gasteiger partial charge in [-0.2, -0.15) is 5.10 Å². The molecule has 0 unspecified atom stereocenters. The van der Waals surface area contributed by atoms with Crippen LogP contribution in [0.1, 0.15) is 0 Å². The molecule has 1 N–H and O–H groups in total. The lowest BCUT2D eigenvalue weighted by Crippen LogP contribution is -1.91. The van der Waals surface area contributed by atoms with Crippen molar-refractivity contribution in [3.8, 4) is 11.3 Å². The smallest absolute Gasteiger partial charge is 0.127 e. The Hall–Kier alpha value is -1.71. The predicted octanol–water partition coefficient (Wildman–Crippen LogP) is 4.61. The predicted molar refractivity (Wildman–Crippen MR) is 77.4 cm³/mol. The van der Waals surface area contributed by atoms with Gasteiger partial charge in [-0.25, -0.2) is 0 Å². The molecule has 0 spiro atoms. The molecule has 0 bridgehead atoms. The van der Waals surface area contributed by atoms with Gasteiger partial charge in [0.15, 0.2) is 0 Å². The van der Waals surface area contributed by atoms with Crippen LogP contribution in [0.2, 0.25) is 5.02 Å². The van der Waals surface area contributed by atoms with Gasteiger partial charge in [0, 0.05) is 21.4 Å². The molecule has 18 heavy (non-hydrogen) atoms. The quantitative estimate of drug-likeness (QED) is 0.655. The molecule has 0 amide bonds. The molecule has 1 aromatic heterocycles. The van der Waals surface area contributed by atoms with Gasteiger partial charge in [-0.15, -0.1) is 0 Å². The molecule has 0 fully saturated rings. The summed E-state index contributed by atoms with van der Waals surface area (Å²) in [7, 11) is 0. The van der Waals surface area contributed by atoms with Crippen molar-refractivity contribution in [1.82, 2.24) is 10.2 Å². The van der Waals surface area contributed by atoms with Crippen LogP contribution in [0.15, 0.2) is 48.5 Å². The van der Waals surface area contributed by atoms with Crippen molar-refractivity contribution in [3.05, 3.63) is 58.2 Å². The molecule has 0 saturated carbocycles. The maximum absolute atomic E-state index is 6.02. The lowest BCUT2D eigenvalue weighted by atomic mass is 10.1. The highest BCUT2D eigenvalue weighted by Crippen LogP contribution is 2.27. The first kappa shape index (κ1) is 11.4. The van der Waals surface area contributed by atoms with E-state index in [9.17, 15) is 0 Å². The molecule has 3 rings (SSSR count). The minimum Gasteiger partial charge on any atom is -0.267 e. The molecule has 0 aliphatic carbocycles. The number of hydrogen-bond acceptors (Lipinski definition) is 2. The van der Waals surface area contributed by atoms with E-state index in [1.807, 2.05) is 48.5 Å². The summed E-state index contributed by atoms with van der Waals surface area (Å²) in [5.74, 6) is 0. The molecule has 1 heterocycles. The number of halogens is 1. The fourth-order valence-corrected chi connectivity index (χ4v) is 2.38. The standard InChI is InChI=1S/C14H9ClN2S/c15-10-5-3-4-9(8-10)13-11-6-1-2-7-12(11)14(18)17-16-13/h1-8H,(H,17,18). The van der Waals surface area contributed by atoms with Gasteiger partial charge in [0.1, 0.15) is 4.64 Å². The van der Waals surface area contributed by atoms with E-state index in [1.165, 1.54) is 0 Å². The average Bonchev–Trinajstić information content (AvgIpc) is 2.39. The number of fused-ring (bicyclic) bond motifs is 1. The van der Waals surface area contributed by atoms with Crippen LogP contribution in [0.5, 0.6) is 0 Å². The van der Waals surface area contributed by atoms with Crippen molar-refractivity contribution in [3.63, 3.8) is 0 Å². The molecule has 4 heteroatoms. The van der Waals surface area contributed by atoms with Crippen LogP contribution in [0.25, 0.3) is 22.0 Å². The van der Waals surface area contributed by atoms with Crippen LogP contribution in [-0.4, -0.2) is 10.2 Å². The first-order chi connectivity index (χ1) is 8.75. The highest BCUT2D eigenvalue weighted by atomic mass is 35.5. The fourth-order valence-electron chi connectivity index (χ4n) is 1.97. The Labute approximate surface area is 114 Å². The van der Waals surface area contributed by atoms with Gasteiger partial charge in [0.2, 0.25) is 0 Å². The zero-order chi connectivity index (χ0) is 12.5. The van der Waals surface area contributed by atoms with Gasteiger partial charge in [0.25, 0.3) is 0 Å². The zero-order valence-corrected chi connectivity index (χ0v) is 10.9. The first-order valence-electron chi connectivity index (χ1n) is 5.49. The van der Waals surface area contributed by atoms with Gasteiger partial charge in [-0.3, -0.25) is 5.10 Å². The van der Waals surface area contributed by atoms with Crippen molar-refractivity contribution in [2.75, 3.05) is 0 Å².